The first-order valence-electron chi connectivity index (χ1n) is 7.24. The lowest BCUT2D eigenvalue weighted by atomic mass is 9.93. The van der Waals surface area contributed by atoms with Gasteiger partial charge >= 0.3 is 0 Å². The van der Waals surface area contributed by atoms with Crippen LogP contribution < -0.4 is 0 Å². The van der Waals surface area contributed by atoms with Crippen LogP contribution in [0.5, 0.6) is 0 Å². The van der Waals surface area contributed by atoms with Crippen LogP contribution in [-0.2, 0) is 9.53 Å². The molecule has 0 spiro atoms. The molecule has 0 N–H and O–H groups in total. The molecule has 3 unspecified atom stereocenters. The maximum absolute atomic E-state index is 12.4. The predicted molar refractivity (Wildman–Crippen MR) is 73.9 cm³/mol. The van der Waals surface area contributed by atoms with Crippen LogP contribution in [0.25, 0.3) is 0 Å². The molecule has 102 valence electrons. The van der Waals surface area contributed by atoms with Crippen molar-refractivity contribution in [2.45, 2.75) is 44.2 Å². The minimum absolute atomic E-state index is 0.183. The van der Waals surface area contributed by atoms with Gasteiger partial charge in [-0.3, -0.25) is 4.79 Å². The molecule has 3 heteroatoms. The molecule has 19 heavy (non-hydrogen) atoms. The molecule has 3 nitrogen and oxygen atoms in total. The Labute approximate surface area is 114 Å². The van der Waals surface area contributed by atoms with E-state index in [0.717, 1.165) is 32.4 Å². The number of ether oxygens (including phenoxy) is 1. The van der Waals surface area contributed by atoms with E-state index in [4.69, 9.17) is 4.74 Å². The number of carbonyl (C=O) groups is 1. The van der Waals surface area contributed by atoms with Crippen molar-refractivity contribution in [3.63, 3.8) is 0 Å². The Bertz CT molecular complexity index is 439. The van der Waals surface area contributed by atoms with Gasteiger partial charge in [-0.1, -0.05) is 30.3 Å². The Kier molecular flexibility index (Phi) is 3.56. The maximum Gasteiger partial charge on any atom is 0.251 e. The van der Waals surface area contributed by atoms with Crippen molar-refractivity contribution >= 4 is 5.91 Å². The third-order valence-electron chi connectivity index (χ3n) is 4.47. The van der Waals surface area contributed by atoms with E-state index in [1.54, 1.807) is 0 Å². The number of nitrogens with zero attached hydrogens (tertiary/aromatic N) is 1. The topological polar surface area (TPSA) is 29.5 Å². The van der Waals surface area contributed by atoms with E-state index in [1.165, 1.54) is 5.56 Å². The number of rotatable bonds is 2. The Morgan fingerprint density at radius 2 is 2.05 bits per heavy atom. The van der Waals surface area contributed by atoms with Gasteiger partial charge in [0.25, 0.3) is 5.91 Å². The lowest BCUT2D eigenvalue weighted by Gasteiger charge is -2.27. The number of amides is 1. The molecule has 2 aliphatic heterocycles. The van der Waals surface area contributed by atoms with Crippen LogP contribution in [0.4, 0.5) is 0 Å². The van der Waals surface area contributed by atoms with E-state index < -0.39 is 0 Å². The summed E-state index contributed by atoms with van der Waals surface area (Å²) in [4.78, 5) is 14.5. The summed E-state index contributed by atoms with van der Waals surface area (Å²) in [6, 6.07) is 10.8. The van der Waals surface area contributed by atoms with Crippen LogP contribution in [-0.4, -0.2) is 36.1 Å². The number of hydrogen-bond acceptors (Lipinski definition) is 2. The standard InChI is InChI=1S/C16H21NO2/c1-12-14(13-6-3-2-4-7-13)9-10-17(12)16(18)15-8-5-11-19-15/h2-4,6-7,12,14-15H,5,8-11H2,1H3. The second kappa shape index (κ2) is 5.33. The molecule has 2 fully saturated rings. The summed E-state index contributed by atoms with van der Waals surface area (Å²) in [6.07, 6.45) is 2.78. The highest BCUT2D eigenvalue weighted by atomic mass is 16.5. The molecule has 2 saturated heterocycles. The van der Waals surface area contributed by atoms with Crippen LogP contribution in [0.15, 0.2) is 30.3 Å². The summed E-state index contributed by atoms with van der Waals surface area (Å²) in [7, 11) is 0. The Morgan fingerprint density at radius 3 is 2.74 bits per heavy atom. The maximum atomic E-state index is 12.4. The molecular formula is C16H21NO2. The van der Waals surface area contributed by atoms with Gasteiger partial charge in [-0.05, 0) is 31.7 Å². The smallest absolute Gasteiger partial charge is 0.251 e. The molecular weight excluding hydrogens is 238 g/mol. The van der Waals surface area contributed by atoms with Gasteiger partial charge in [-0.25, -0.2) is 0 Å². The number of carbonyl (C=O) groups excluding carboxylic acids is 1. The van der Waals surface area contributed by atoms with E-state index in [9.17, 15) is 4.79 Å². The van der Waals surface area contributed by atoms with Gasteiger partial charge in [0.05, 0.1) is 0 Å². The summed E-state index contributed by atoms with van der Waals surface area (Å²) in [5.74, 6) is 0.662. The number of likely N-dealkylation sites (tertiary alicyclic amines) is 1. The minimum atomic E-state index is -0.183. The van der Waals surface area contributed by atoms with E-state index in [2.05, 4.69) is 31.2 Å². The Hall–Kier alpha value is -1.35. The molecule has 0 aromatic heterocycles. The van der Waals surface area contributed by atoms with Crippen LogP contribution in [0.1, 0.15) is 37.7 Å². The van der Waals surface area contributed by atoms with E-state index in [0.29, 0.717) is 5.92 Å². The third kappa shape index (κ3) is 2.39. The van der Waals surface area contributed by atoms with Gasteiger partial charge in [0.2, 0.25) is 0 Å². The largest absolute Gasteiger partial charge is 0.368 e. The molecule has 2 aliphatic rings. The van der Waals surface area contributed by atoms with Crippen LogP contribution in [0, 0.1) is 0 Å². The normalized spacial score (nSPS) is 30.8. The average Bonchev–Trinajstić information content (AvgIpc) is 3.08. The monoisotopic (exact) mass is 259 g/mol. The molecule has 2 heterocycles. The van der Waals surface area contributed by atoms with Crippen molar-refractivity contribution in [2.24, 2.45) is 0 Å². The first kappa shape index (κ1) is 12.7. The van der Waals surface area contributed by atoms with E-state index in [1.807, 2.05) is 11.0 Å². The number of benzene rings is 1. The molecule has 0 bridgehead atoms. The molecule has 3 atom stereocenters. The first-order valence-corrected chi connectivity index (χ1v) is 7.24. The first-order chi connectivity index (χ1) is 9.27. The molecule has 1 aromatic rings. The summed E-state index contributed by atoms with van der Waals surface area (Å²) in [6.45, 7) is 3.76. The van der Waals surface area contributed by atoms with Gasteiger partial charge in [0.15, 0.2) is 0 Å². The van der Waals surface area contributed by atoms with Crippen molar-refractivity contribution in [1.82, 2.24) is 4.90 Å². The number of hydrogen-bond donors (Lipinski definition) is 0. The van der Waals surface area contributed by atoms with Gasteiger partial charge < -0.3 is 9.64 Å². The molecule has 0 radical (unpaired) electrons. The zero-order valence-electron chi connectivity index (χ0n) is 11.4. The fourth-order valence-corrected chi connectivity index (χ4v) is 3.35. The van der Waals surface area contributed by atoms with Crippen molar-refractivity contribution in [3.8, 4) is 0 Å². The van der Waals surface area contributed by atoms with Crippen molar-refractivity contribution in [3.05, 3.63) is 35.9 Å². The van der Waals surface area contributed by atoms with Gasteiger partial charge in [0, 0.05) is 25.1 Å². The fourth-order valence-electron chi connectivity index (χ4n) is 3.35. The highest BCUT2D eigenvalue weighted by Crippen LogP contribution is 2.34. The molecule has 0 aliphatic carbocycles. The van der Waals surface area contributed by atoms with Crippen LogP contribution >= 0.6 is 0 Å². The van der Waals surface area contributed by atoms with Crippen LogP contribution in [0.2, 0.25) is 0 Å². The quantitative estimate of drug-likeness (QED) is 0.817. The van der Waals surface area contributed by atoms with E-state index in [-0.39, 0.29) is 18.1 Å². The molecule has 0 saturated carbocycles. The second-order valence-corrected chi connectivity index (χ2v) is 5.58. The lowest BCUT2D eigenvalue weighted by molar-refractivity contribution is -0.141. The van der Waals surface area contributed by atoms with Gasteiger partial charge in [-0.15, -0.1) is 0 Å². The van der Waals surface area contributed by atoms with Gasteiger partial charge in [-0.2, -0.15) is 0 Å². The molecule has 1 amide bonds. The summed E-state index contributed by atoms with van der Waals surface area (Å²) < 4.78 is 5.53. The summed E-state index contributed by atoms with van der Waals surface area (Å²) in [5, 5.41) is 0. The second-order valence-electron chi connectivity index (χ2n) is 5.58. The summed E-state index contributed by atoms with van der Waals surface area (Å²) >= 11 is 0. The molecule has 3 rings (SSSR count). The highest BCUT2D eigenvalue weighted by molar-refractivity contribution is 5.82. The molecule has 1 aromatic carbocycles. The third-order valence-corrected chi connectivity index (χ3v) is 4.47. The van der Waals surface area contributed by atoms with E-state index >= 15 is 0 Å². The van der Waals surface area contributed by atoms with Crippen molar-refractivity contribution in [1.29, 1.82) is 0 Å². The average molecular weight is 259 g/mol. The highest BCUT2D eigenvalue weighted by Gasteiger charge is 2.38. The minimum Gasteiger partial charge on any atom is -0.368 e. The van der Waals surface area contributed by atoms with Crippen molar-refractivity contribution < 1.29 is 9.53 Å². The SMILES string of the molecule is CC1C(c2ccccc2)CCN1C(=O)C1CCCO1. The van der Waals surface area contributed by atoms with Crippen molar-refractivity contribution in [2.75, 3.05) is 13.2 Å². The Balaban J connectivity index is 1.71. The lowest BCUT2D eigenvalue weighted by Crippen LogP contribution is -2.41. The van der Waals surface area contributed by atoms with Gasteiger partial charge in [0.1, 0.15) is 6.10 Å². The predicted octanol–water partition coefficient (Wildman–Crippen LogP) is 2.57. The zero-order chi connectivity index (χ0) is 13.2. The fraction of sp³-hybridized carbons (Fsp3) is 0.562. The zero-order valence-corrected chi connectivity index (χ0v) is 11.4. The Morgan fingerprint density at radius 1 is 1.26 bits per heavy atom. The summed E-state index contributed by atoms with van der Waals surface area (Å²) in [5.41, 5.74) is 1.35. The van der Waals surface area contributed by atoms with Crippen LogP contribution in [0.3, 0.4) is 0 Å².